The maximum absolute atomic E-state index is 13.3. The molecule has 7 heteroatoms. The summed E-state index contributed by atoms with van der Waals surface area (Å²) in [5.74, 6) is -1.83. The van der Waals surface area contributed by atoms with E-state index in [2.05, 4.69) is 10.2 Å². The van der Waals surface area contributed by atoms with Crippen molar-refractivity contribution in [3.63, 3.8) is 0 Å². The van der Waals surface area contributed by atoms with Gasteiger partial charge in [0.15, 0.2) is 0 Å². The number of ether oxygens (including phenoxy) is 1. The number of nitrogens with zero attached hydrogens (tertiary/aromatic N) is 1. The maximum Gasteiger partial charge on any atom is 0.305 e. The van der Waals surface area contributed by atoms with E-state index in [-0.39, 0.29) is 23.6 Å². The highest BCUT2D eigenvalue weighted by Crippen LogP contribution is 2.21. The Labute approximate surface area is 159 Å². The van der Waals surface area contributed by atoms with Crippen molar-refractivity contribution in [3.05, 3.63) is 29.8 Å². The summed E-state index contributed by atoms with van der Waals surface area (Å²) in [6.07, 6.45) is 5.67. The average Bonchev–Trinajstić information content (AvgIpc) is 2.61. The normalized spacial score (nSPS) is 17.5. The number of halogens is 2. The third-order valence-electron chi connectivity index (χ3n) is 4.68. The van der Waals surface area contributed by atoms with Gasteiger partial charge in [0, 0.05) is 18.2 Å². The van der Waals surface area contributed by atoms with Gasteiger partial charge in [-0.15, -0.1) is 0 Å². The predicted octanol–water partition coefficient (Wildman–Crippen LogP) is 3.88. The van der Waals surface area contributed by atoms with Crippen LogP contribution in [0, 0.1) is 11.6 Å². The van der Waals surface area contributed by atoms with E-state index in [1.54, 1.807) is 6.92 Å². The first-order valence-electron chi connectivity index (χ1n) is 9.66. The number of likely N-dealkylation sites (tertiary alicyclic amines) is 1. The van der Waals surface area contributed by atoms with Crippen LogP contribution in [0.4, 0.5) is 14.5 Å². The number of esters is 1. The molecule has 1 aliphatic rings. The summed E-state index contributed by atoms with van der Waals surface area (Å²) in [6, 6.07) is 2.71. The Balaban J connectivity index is 1.81. The van der Waals surface area contributed by atoms with E-state index < -0.39 is 11.6 Å². The van der Waals surface area contributed by atoms with Crippen LogP contribution in [-0.4, -0.2) is 42.5 Å². The third kappa shape index (κ3) is 7.25. The highest BCUT2D eigenvalue weighted by atomic mass is 19.1. The summed E-state index contributed by atoms with van der Waals surface area (Å²) in [7, 11) is 0. The van der Waals surface area contributed by atoms with Gasteiger partial charge in [0.1, 0.15) is 11.6 Å². The second-order valence-corrected chi connectivity index (χ2v) is 6.81. The fourth-order valence-electron chi connectivity index (χ4n) is 3.40. The first-order chi connectivity index (χ1) is 13.0. The molecular formula is C20H28F2N2O3. The Hall–Kier alpha value is -2.02. The number of rotatable bonds is 9. The minimum atomic E-state index is -0.715. The van der Waals surface area contributed by atoms with Crippen molar-refractivity contribution in [1.82, 2.24) is 4.90 Å². The average molecular weight is 382 g/mol. The van der Waals surface area contributed by atoms with Crippen molar-refractivity contribution >= 4 is 17.6 Å². The highest BCUT2D eigenvalue weighted by molar-refractivity contribution is 5.94. The molecular weight excluding hydrogens is 354 g/mol. The van der Waals surface area contributed by atoms with Crippen molar-refractivity contribution < 1.29 is 23.1 Å². The molecule has 0 aromatic heterocycles. The second-order valence-electron chi connectivity index (χ2n) is 6.81. The number of carbonyl (C=O) groups is 2. The first-order valence-corrected chi connectivity index (χ1v) is 9.66. The molecule has 5 nitrogen and oxygen atoms in total. The summed E-state index contributed by atoms with van der Waals surface area (Å²) in [5.41, 5.74) is 0.137. The van der Waals surface area contributed by atoms with E-state index >= 15 is 0 Å². The topological polar surface area (TPSA) is 58.6 Å². The minimum Gasteiger partial charge on any atom is -0.466 e. The highest BCUT2D eigenvalue weighted by Gasteiger charge is 2.28. The van der Waals surface area contributed by atoms with Crippen LogP contribution >= 0.6 is 0 Å². The summed E-state index contributed by atoms with van der Waals surface area (Å²) in [5, 5.41) is 2.63. The van der Waals surface area contributed by atoms with E-state index in [1.807, 2.05) is 0 Å². The van der Waals surface area contributed by atoms with Crippen molar-refractivity contribution in [2.75, 3.05) is 25.0 Å². The van der Waals surface area contributed by atoms with Gasteiger partial charge in [0.25, 0.3) is 0 Å². The van der Waals surface area contributed by atoms with Crippen LogP contribution in [0.5, 0.6) is 0 Å². The summed E-state index contributed by atoms with van der Waals surface area (Å²) >= 11 is 0. The lowest BCUT2D eigenvalue weighted by molar-refractivity contribution is -0.143. The number of amides is 1. The molecule has 0 aliphatic carbocycles. The maximum atomic E-state index is 13.3. The molecule has 1 heterocycles. The molecule has 1 fully saturated rings. The quantitative estimate of drug-likeness (QED) is 0.520. The molecule has 1 atom stereocenters. The molecule has 150 valence electrons. The molecule has 1 unspecified atom stereocenters. The molecule has 1 aromatic carbocycles. The number of hydrogen-bond donors (Lipinski definition) is 1. The molecule has 1 aromatic rings. The fraction of sp³-hybridized carbons (Fsp3) is 0.600. The van der Waals surface area contributed by atoms with E-state index in [1.165, 1.54) is 0 Å². The minimum absolute atomic E-state index is 0.137. The largest absolute Gasteiger partial charge is 0.466 e. The molecule has 1 amide bonds. The van der Waals surface area contributed by atoms with Gasteiger partial charge in [-0.25, -0.2) is 8.78 Å². The van der Waals surface area contributed by atoms with E-state index in [0.717, 1.165) is 69.8 Å². The molecule has 0 radical (unpaired) electrons. The summed E-state index contributed by atoms with van der Waals surface area (Å²) < 4.78 is 31.5. The Bertz CT molecular complexity index is 619. The SMILES string of the molecule is CCOC(=O)CCCCCN1CCCCC1C(=O)Nc1cc(F)cc(F)c1. The molecule has 1 saturated heterocycles. The fourth-order valence-corrected chi connectivity index (χ4v) is 3.40. The van der Waals surface area contributed by atoms with Gasteiger partial charge in [-0.1, -0.05) is 12.8 Å². The molecule has 0 spiro atoms. The van der Waals surface area contributed by atoms with Gasteiger partial charge in [-0.3, -0.25) is 14.5 Å². The van der Waals surface area contributed by atoms with Gasteiger partial charge >= 0.3 is 5.97 Å². The van der Waals surface area contributed by atoms with E-state index in [0.29, 0.717) is 13.0 Å². The summed E-state index contributed by atoms with van der Waals surface area (Å²) in [6.45, 7) is 3.78. The van der Waals surface area contributed by atoms with Crippen molar-refractivity contribution in [2.24, 2.45) is 0 Å². The lowest BCUT2D eigenvalue weighted by atomic mass is 10.0. The van der Waals surface area contributed by atoms with Crippen LogP contribution in [0.15, 0.2) is 18.2 Å². The Morgan fingerprint density at radius 2 is 1.89 bits per heavy atom. The first kappa shape index (κ1) is 21.3. The van der Waals surface area contributed by atoms with Crippen LogP contribution < -0.4 is 5.32 Å². The Morgan fingerprint density at radius 3 is 2.59 bits per heavy atom. The number of nitrogens with one attached hydrogen (secondary N) is 1. The molecule has 0 bridgehead atoms. The van der Waals surface area contributed by atoms with Gasteiger partial charge in [0.05, 0.1) is 12.6 Å². The predicted molar refractivity (Wildman–Crippen MR) is 99.3 cm³/mol. The second kappa shape index (κ2) is 11.0. The van der Waals surface area contributed by atoms with Crippen molar-refractivity contribution in [3.8, 4) is 0 Å². The van der Waals surface area contributed by atoms with Gasteiger partial charge in [-0.2, -0.15) is 0 Å². The van der Waals surface area contributed by atoms with E-state index in [9.17, 15) is 18.4 Å². The zero-order valence-corrected chi connectivity index (χ0v) is 15.8. The number of anilines is 1. The van der Waals surface area contributed by atoms with Gasteiger partial charge in [-0.05, 0) is 57.8 Å². The molecule has 0 saturated carbocycles. The lowest BCUT2D eigenvalue weighted by Crippen LogP contribution is -2.47. The number of carbonyl (C=O) groups excluding carboxylic acids is 2. The monoisotopic (exact) mass is 382 g/mol. The van der Waals surface area contributed by atoms with Crippen LogP contribution in [0.3, 0.4) is 0 Å². The third-order valence-corrected chi connectivity index (χ3v) is 4.68. The number of piperidine rings is 1. The van der Waals surface area contributed by atoms with Crippen LogP contribution in [0.2, 0.25) is 0 Å². The van der Waals surface area contributed by atoms with Gasteiger partial charge in [0.2, 0.25) is 5.91 Å². The van der Waals surface area contributed by atoms with Gasteiger partial charge < -0.3 is 10.1 Å². The smallest absolute Gasteiger partial charge is 0.305 e. The Kier molecular flexibility index (Phi) is 8.64. The molecule has 27 heavy (non-hydrogen) atoms. The zero-order valence-electron chi connectivity index (χ0n) is 15.8. The zero-order chi connectivity index (χ0) is 19.6. The molecule has 1 N–H and O–H groups in total. The molecule has 2 rings (SSSR count). The lowest BCUT2D eigenvalue weighted by Gasteiger charge is -2.34. The number of benzene rings is 1. The number of unbranched alkanes of at least 4 members (excludes halogenated alkanes) is 2. The Morgan fingerprint density at radius 1 is 1.15 bits per heavy atom. The van der Waals surface area contributed by atoms with Crippen LogP contribution in [0.1, 0.15) is 51.9 Å². The van der Waals surface area contributed by atoms with Crippen LogP contribution in [0.25, 0.3) is 0 Å². The van der Waals surface area contributed by atoms with Crippen molar-refractivity contribution in [2.45, 2.75) is 57.9 Å². The standard InChI is InChI=1S/C20H28F2N2O3/c1-2-27-19(25)9-4-3-6-10-24-11-7-5-8-18(24)20(26)23-17-13-15(21)12-16(22)14-17/h12-14,18H,2-11H2,1H3,(H,23,26). The van der Waals surface area contributed by atoms with Crippen LogP contribution in [-0.2, 0) is 14.3 Å². The molecule has 1 aliphatic heterocycles. The van der Waals surface area contributed by atoms with Crippen molar-refractivity contribution in [1.29, 1.82) is 0 Å². The summed E-state index contributed by atoms with van der Waals surface area (Å²) in [4.78, 5) is 26.0. The number of hydrogen-bond acceptors (Lipinski definition) is 4. The van der Waals surface area contributed by atoms with E-state index in [4.69, 9.17) is 4.74 Å².